The Bertz CT molecular complexity index is 154. The maximum absolute atomic E-state index is 9.70. The van der Waals surface area contributed by atoms with Crippen LogP contribution in [0.3, 0.4) is 0 Å². The molecule has 2 nitrogen and oxygen atoms in total. The van der Waals surface area contributed by atoms with E-state index in [1.165, 1.54) is 19.3 Å². The fourth-order valence-electron chi connectivity index (χ4n) is 1.77. The van der Waals surface area contributed by atoms with Crippen LogP contribution in [-0.2, 0) is 4.74 Å². The second kappa shape index (κ2) is 4.43. The fraction of sp³-hybridized carbons (Fsp3) is 1.00. The molecule has 1 N–H and O–H groups in total. The average molecular weight is 186 g/mol. The summed E-state index contributed by atoms with van der Waals surface area (Å²) in [6.07, 6.45) is 5.64. The van der Waals surface area contributed by atoms with E-state index in [2.05, 4.69) is 6.92 Å². The predicted octanol–water partition coefficient (Wildman–Crippen LogP) is 2.50. The van der Waals surface area contributed by atoms with Crippen molar-refractivity contribution in [2.75, 3.05) is 0 Å². The van der Waals surface area contributed by atoms with E-state index >= 15 is 0 Å². The quantitative estimate of drug-likeness (QED) is 0.510. The van der Waals surface area contributed by atoms with Gasteiger partial charge in [-0.05, 0) is 20.3 Å². The molecule has 0 amide bonds. The van der Waals surface area contributed by atoms with Gasteiger partial charge < -0.3 is 9.84 Å². The van der Waals surface area contributed by atoms with E-state index in [4.69, 9.17) is 4.74 Å². The van der Waals surface area contributed by atoms with Gasteiger partial charge in [0.2, 0.25) is 0 Å². The molecule has 1 rings (SSSR count). The maximum Gasteiger partial charge on any atom is 0.113 e. The van der Waals surface area contributed by atoms with E-state index in [1.54, 1.807) is 0 Å². The van der Waals surface area contributed by atoms with Crippen molar-refractivity contribution >= 4 is 0 Å². The van der Waals surface area contributed by atoms with Crippen molar-refractivity contribution in [1.29, 1.82) is 0 Å². The van der Waals surface area contributed by atoms with Crippen molar-refractivity contribution < 1.29 is 9.84 Å². The molecule has 13 heavy (non-hydrogen) atoms. The molecule has 0 radical (unpaired) electrons. The smallest absolute Gasteiger partial charge is 0.113 e. The summed E-state index contributed by atoms with van der Waals surface area (Å²) in [6.45, 7) is 6.27. The zero-order valence-electron chi connectivity index (χ0n) is 9.05. The summed E-state index contributed by atoms with van der Waals surface area (Å²) in [5.74, 6) is 0. The lowest BCUT2D eigenvalue weighted by Crippen LogP contribution is -2.20. The Morgan fingerprint density at radius 1 is 1.31 bits per heavy atom. The second-order valence-corrected chi connectivity index (χ2v) is 4.56. The van der Waals surface area contributed by atoms with E-state index < -0.39 is 0 Å². The highest BCUT2D eigenvalue weighted by Crippen LogP contribution is 2.38. The van der Waals surface area contributed by atoms with Crippen LogP contribution in [0.5, 0.6) is 0 Å². The highest BCUT2D eigenvalue weighted by Gasteiger charge is 2.51. The van der Waals surface area contributed by atoms with Gasteiger partial charge in [-0.1, -0.05) is 32.6 Å². The highest BCUT2D eigenvalue weighted by atomic mass is 16.6. The monoisotopic (exact) mass is 186 g/mol. The molecule has 0 aromatic heterocycles. The van der Waals surface area contributed by atoms with Crippen LogP contribution in [0.1, 0.15) is 52.9 Å². The zero-order valence-corrected chi connectivity index (χ0v) is 9.05. The van der Waals surface area contributed by atoms with Crippen molar-refractivity contribution in [2.24, 2.45) is 0 Å². The molecule has 0 aliphatic carbocycles. The second-order valence-electron chi connectivity index (χ2n) is 4.56. The summed E-state index contributed by atoms with van der Waals surface area (Å²) in [5, 5.41) is 9.70. The van der Waals surface area contributed by atoms with E-state index in [9.17, 15) is 5.11 Å². The summed E-state index contributed by atoms with van der Waals surface area (Å²) in [5.41, 5.74) is -0.0653. The number of unbranched alkanes of at least 4 members (excludes halogenated alkanes) is 3. The summed E-state index contributed by atoms with van der Waals surface area (Å²) in [7, 11) is 0. The van der Waals surface area contributed by atoms with Crippen LogP contribution in [-0.4, -0.2) is 22.9 Å². The molecule has 1 aliphatic heterocycles. The largest absolute Gasteiger partial charge is 0.390 e. The minimum atomic E-state index is -0.244. The van der Waals surface area contributed by atoms with Crippen molar-refractivity contribution in [2.45, 2.75) is 70.7 Å². The van der Waals surface area contributed by atoms with E-state index in [0.717, 1.165) is 12.8 Å². The summed E-state index contributed by atoms with van der Waals surface area (Å²) in [6, 6.07) is 0. The lowest BCUT2D eigenvalue weighted by molar-refractivity contribution is 0.123. The summed E-state index contributed by atoms with van der Waals surface area (Å²) in [4.78, 5) is 0. The first-order valence-electron chi connectivity index (χ1n) is 5.44. The molecule has 1 aliphatic rings. The van der Waals surface area contributed by atoms with Crippen LogP contribution >= 0.6 is 0 Å². The SMILES string of the molecule is CCCCCCC(O)C1OC1(C)C. The van der Waals surface area contributed by atoms with Crippen LogP contribution < -0.4 is 0 Å². The Morgan fingerprint density at radius 3 is 2.38 bits per heavy atom. The zero-order chi connectivity index (χ0) is 9.90. The van der Waals surface area contributed by atoms with Crippen LogP contribution in [0, 0.1) is 0 Å². The molecule has 0 aromatic carbocycles. The molecule has 0 saturated carbocycles. The Hall–Kier alpha value is -0.0800. The van der Waals surface area contributed by atoms with E-state index in [-0.39, 0.29) is 17.8 Å². The third-order valence-electron chi connectivity index (χ3n) is 2.76. The van der Waals surface area contributed by atoms with Gasteiger partial charge in [-0.3, -0.25) is 0 Å². The molecule has 1 saturated heterocycles. The van der Waals surface area contributed by atoms with Gasteiger partial charge in [0.25, 0.3) is 0 Å². The minimum absolute atomic E-state index is 0.0653. The molecule has 0 aromatic rings. The van der Waals surface area contributed by atoms with Gasteiger partial charge >= 0.3 is 0 Å². The Balaban J connectivity index is 2.03. The minimum Gasteiger partial charge on any atom is -0.390 e. The van der Waals surface area contributed by atoms with Gasteiger partial charge in [-0.25, -0.2) is 0 Å². The van der Waals surface area contributed by atoms with Gasteiger partial charge in [0.1, 0.15) is 6.10 Å². The van der Waals surface area contributed by atoms with E-state index in [1.807, 2.05) is 13.8 Å². The standard InChI is InChI=1S/C11H22O2/c1-4-5-6-7-8-9(12)10-11(2,3)13-10/h9-10,12H,4-8H2,1-3H3. The van der Waals surface area contributed by atoms with Crippen molar-refractivity contribution in [3.05, 3.63) is 0 Å². The first-order valence-corrected chi connectivity index (χ1v) is 5.44. The molecule has 78 valence electrons. The van der Waals surface area contributed by atoms with Crippen molar-refractivity contribution in [3.8, 4) is 0 Å². The maximum atomic E-state index is 9.70. The highest BCUT2D eigenvalue weighted by molar-refractivity contribution is 4.99. The fourth-order valence-corrected chi connectivity index (χ4v) is 1.77. The van der Waals surface area contributed by atoms with Gasteiger partial charge in [0.05, 0.1) is 11.7 Å². The van der Waals surface area contributed by atoms with Gasteiger partial charge in [0, 0.05) is 0 Å². The topological polar surface area (TPSA) is 32.8 Å². The molecule has 1 fully saturated rings. The molecule has 2 heteroatoms. The number of hydrogen-bond donors (Lipinski definition) is 1. The Kier molecular flexibility index (Phi) is 3.74. The van der Waals surface area contributed by atoms with Crippen molar-refractivity contribution in [1.82, 2.24) is 0 Å². The molecule has 0 bridgehead atoms. The molecular formula is C11H22O2. The Morgan fingerprint density at radius 2 is 1.92 bits per heavy atom. The number of ether oxygens (including phenoxy) is 1. The average Bonchev–Trinajstić information content (AvgIpc) is 2.69. The molecule has 0 spiro atoms. The first-order chi connectivity index (χ1) is 6.08. The summed E-state index contributed by atoms with van der Waals surface area (Å²) >= 11 is 0. The van der Waals surface area contributed by atoms with Crippen LogP contribution in [0.2, 0.25) is 0 Å². The lowest BCUT2D eigenvalue weighted by Gasteiger charge is -2.07. The van der Waals surface area contributed by atoms with Crippen LogP contribution in [0.25, 0.3) is 0 Å². The van der Waals surface area contributed by atoms with E-state index in [0.29, 0.717) is 0 Å². The number of epoxide rings is 1. The first kappa shape index (κ1) is 11.0. The third-order valence-corrected chi connectivity index (χ3v) is 2.76. The van der Waals surface area contributed by atoms with Gasteiger partial charge in [-0.2, -0.15) is 0 Å². The number of hydrogen-bond acceptors (Lipinski definition) is 2. The number of rotatable bonds is 6. The summed E-state index contributed by atoms with van der Waals surface area (Å²) < 4.78 is 5.37. The predicted molar refractivity (Wildman–Crippen MR) is 53.7 cm³/mol. The molecule has 2 unspecified atom stereocenters. The van der Waals surface area contributed by atoms with Gasteiger partial charge in [-0.15, -0.1) is 0 Å². The normalized spacial score (nSPS) is 27.2. The lowest BCUT2D eigenvalue weighted by atomic mass is 10.0. The molecule has 1 heterocycles. The van der Waals surface area contributed by atoms with Gasteiger partial charge in [0.15, 0.2) is 0 Å². The molecular weight excluding hydrogens is 164 g/mol. The van der Waals surface area contributed by atoms with Crippen LogP contribution in [0.15, 0.2) is 0 Å². The van der Waals surface area contributed by atoms with Crippen molar-refractivity contribution in [3.63, 3.8) is 0 Å². The number of aliphatic hydroxyl groups excluding tert-OH is 1. The number of aliphatic hydroxyl groups is 1. The third kappa shape index (κ3) is 3.28. The molecule has 2 atom stereocenters. The van der Waals surface area contributed by atoms with Crippen LogP contribution in [0.4, 0.5) is 0 Å². The Labute approximate surface area is 81.3 Å².